The number of rotatable bonds is 6. The Morgan fingerprint density at radius 3 is 2.24 bits per heavy atom. The van der Waals surface area contributed by atoms with Gasteiger partial charge in [-0.2, -0.15) is 0 Å². The summed E-state index contributed by atoms with van der Waals surface area (Å²) < 4.78 is 11.2. The van der Waals surface area contributed by atoms with E-state index in [4.69, 9.17) is 26.7 Å². The Morgan fingerprint density at radius 1 is 1.10 bits per heavy atom. The highest BCUT2D eigenvalue weighted by atomic mass is 32.5. The molecule has 0 saturated heterocycles. The third-order valence-electron chi connectivity index (χ3n) is 2.69. The zero-order valence-electron chi connectivity index (χ0n) is 11.7. The van der Waals surface area contributed by atoms with Crippen LogP contribution in [0.3, 0.4) is 0 Å². The molecule has 0 aliphatic heterocycles. The van der Waals surface area contributed by atoms with E-state index in [-0.39, 0.29) is 5.84 Å². The molecule has 1 unspecified atom stereocenters. The van der Waals surface area contributed by atoms with Crippen LogP contribution in [-0.4, -0.2) is 12.4 Å². The maximum absolute atomic E-state index is 5.92. The van der Waals surface area contributed by atoms with E-state index < -0.39 is 6.49 Å². The Bertz CT molecular complexity index is 647. The second-order valence-corrected chi connectivity index (χ2v) is 7.55. The molecule has 21 heavy (non-hydrogen) atoms. The van der Waals surface area contributed by atoms with Crippen molar-refractivity contribution in [1.29, 1.82) is 0 Å². The fraction of sp³-hybridized carbons (Fsp3) is 0.133. The summed E-state index contributed by atoms with van der Waals surface area (Å²) in [5.41, 5.74) is 6.70. The molecule has 110 valence electrons. The Labute approximate surface area is 129 Å². The molecule has 0 aliphatic carbocycles. The number of amidine groups is 1. The van der Waals surface area contributed by atoms with Gasteiger partial charge in [0.15, 0.2) is 5.84 Å². The van der Waals surface area contributed by atoms with Gasteiger partial charge in [-0.1, -0.05) is 53.7 Å². The summed E-state index contributed by atoms with van der Waals surface area (Å²) in [5, 5.41) is 4.79. The summed E-state index contributed by atoms with van der Waals surface area (Å²) in [5.74, 6) is 0.278. The lowest BCUT2D eigenvalue weighted by molar-refractivity contribution is 0.274. The highest BCUT2D eigenvalue weighted by Crippen LogP contribution is 2.47. The van der Waals surface area contributed by atoms with Gasteiger partial charge in [0.2, 0.25) is 0 Å². The molecule has 0 amide bonds. The predicted molar refractivity (Wildman–Crippen MR) is 90.2 cm³/mol. The van der Waals surface area contributed by atoms with Crippen molar-refractivity contribution in [2.24, 2.45) is 10.9 Å². The van der Waals surface area contributed by atoms with E-state index in [0.717, 1.165) is 10.9 Å². The molecule has 0 aromatic heterocycles. The van der Waals surface area contributed by atoms with Gasteiger partial charge in [-0.3, -0.25) is 0 Å². The minimum absolute atomic E-state index is 0.278. The number of nitrogens with zero attached hydrogens (tertiary/aromatic N) is 1. The van der Waals surface area contributed by atoms with Crippen LogP contribution in [-0.2, 0) is 21.0 Å². The lowest BCUT2D eigenvalue weighted by atomic mass is 10.2. The van der Waals surface area contributed by atoms with Gasteiger partial charge in [0, 0.05) is 10.9 Å². The fourth-order valence-electron chi connectivity index (χ4n) is 1.69. The minimum atomic E-state index is -2.68. The zero-order valence-corrected chi connectivity index (χ0v) is 13.4. The standard InChI is InChI=1S/C15H17N2O2PS/c1-2-18-20(21,14-11-7-4-8-12-14)19-17-15(16)13-9-5-3-6-10-13/h3-12H,2H2,1H3,(H2,16,17). The summed E-state index contributed by atoms with van der Waals surface area (Å²) >= 11 is 5.54. The quantitative estimate of drug-likeness (QED) is 0.385. The van der Waals surface area contributed by atoms with Crippen LogP contribution in [0, 0.1) is 0 Å². The SMILES string of the molecule is CCOP(=S)(ON=C(N)c1ccccc1)c1ccccc1. The lowest BCUT2D eigenvalue weighted by Crippen LogP contribution is -2.15. The molecule has 0 bridgehead atoms. The van der Waals surface area contributed by atoms with Crippen LogP contribution in [0.15, 0.2) is 65.8 Å². The van der Waals surface area contributed by atoms with Crippen LogP contribution in [0.2, 0.25) is 0 Å². The molecule has 2 N–H and O–H groups in total. The fourth-order valence-corrected chi connectivity index (χ4v) is 3.83. The summed E-state index contributed by atoms with van der Waals surface area (Å²) in [4.78, 5) is 0. The van der Waals surface area contributed by atoms with Crippen LogP contribution in [0.5, 0.6) is 0 Å². The van der Waals surface area contributed by atoms with E-state index in [9.17, 15) is 0 Å². The van der Waals surface area contributed by atoms with Gasteiger partial charge in [0.25, 0.3) is 6.49 Å². The van der Waals surface area contributed by atoms with Crippen molar-refractivity contribution in [1.82, 2.24) is 0 Å². The maximum Gasteiger partial charge on any atom is 0.295 e. The average Bonchev–Trinajstić information content (AvgIpc) is 2.54. The third kappa shape index (κ3) is 4.14. The Morgan fingerprint density at radius 2 is 1.67 bits per heavy atom. The topological polar surface area (TPSA) is 56.8 Å². The number of hydrogen-bond donors (Lipinski definition) is 1. The molecular formula is C15H17N2O2PS. The predicted octanol–water partition coefficient (Wildman–Crippen LogP) is 3.00. The maximum atomic E-state index is 5.92. The van der Waals surface area contributed by atoms with Gasteiger partial charge in [-0.15, -0.1) is 0 Å². The normalized spacial score (nSPS) is 14.4. The molecule has 6 heteroatoms. The first-order valence-electron chi connectivity index (χ1n) is 6.53. The van der Waals surface area contributed by atoms with Gasteiger partial charge >= 0.3 is 0 Å². The first-order chi connectivity index (χ1) is 10.2. The summed E-state index contributed by atoms with van der Waals surface area (Å²) in [6.45, 7) is -0.356. The first kappa shape index (κ1) is 15.7. The molecule has 0 radical (unpaired) electrons. The van der Waals surface area contributed by atoms with E-state index in [2.05, 4.69) is 5.16 Å². The van der Waals surface area contributed by atoms with Gasteiger partial charge in [0.1, 0.15) is 0 Å². The Kier molecular flexibility index (Phi) is 5.51. The summed E-state index contributed by atoms with van der Waals surface area (Å²) in [7, 11) is 0. The highest BCUT2D eigenvalue weighted by Gasteiger charge is 2.23. The van der Waals surface area contributed by atoms with E-state index in [0.29, 0.717) is 6.61 Å². The Hall–Kier alpha value is -1.68. The number of hydrogen-bond acceptors (Lipinski definition) is 4. The van der Waals surface area contributed by atoms with Crippen molar-refractivity contribution in [2.75, 3.05) is 6.61 Å². The number of nitrogens with two attached hydrogens (primary N) is 1. The third-order valence-corrected chi connectivity index (χ3v) is 5.66. The van der Waals surface area contributed by atoms with Gasteiger partial charge < -0.3 is 14.9 Å². The molecule has 2 aromatic carbocycles. The second kappa shape index (κ2) is 7.36. The number of oxime groups is 1. The smallest absolute Gasteiger partial charge is 0.295 e. The van der Waals surface area contributed by atoms with Crippen molar-refractivity contribution >= 4 is 29.4 Å². The van der Waals surface area contributed by atoms with Crippen molar-refractivity contribution in [3.8, 4) is 0 Å². The van der Waals surface area contributed by atoms with Crippen LogP contribution in [0.25, 0.3) is 0 Å². The number of benzene rings is 2. The molecule has 0 aliphatic rings. The molecule has 0 saturated carbocycles. The molecule has 0 spiro atoms. The van der Waals surface area contributed by atoms with E-state index in [1.807, 2.05) is 67.6 Å². The van der Waals surface area contributed by atoms with Gasteiger partial charge in [-0.25, -0.2) is 0 Å². The largest absolute Gasteiger partial charge is 0.380 e. The van der Waals surface area contributed by atoms with E-state index >= 15 is 0 Å². The molecule has 2 rings (SSSR count). The average molecular weight is 320 g/mol. The second-order valence-electron chi connectivity index (χ2n) is 4.17. The minimum Gasteiger partial charge on any atom is -0.380 e. The first-order valence-corrected chi connectivity index (χ1v) is 9.17. The Balaban J connectivity index is 2.23. The zero-order chi connectivity index (χ0) is 15.1. The summed E-state index contributed by atoms with van der Waals surface area (Å²) in [6.07, 6.45) is 0. The van der Waals surface area contributed by atoms with Crippen LogP contribution in [0.1, 0.15) is 12.5 Å². The molecule has 1 atom stereocenters. The van der Waals surface area contributed by atoms with Crippen molar-refractivity contribution in [2.45, 2.75) is 6.92 Å². The van der Waals surface area contributed by atoms with Crippen molar-refractivity contribution in [3.05, 3.63) is 66.2 Å². The van der Waals surface area contributed by atoms with Gasteiger partial charge in [0.05, 0.1) is 6.61 Å². The van der Waals surface area contributed by atoms with E-state index in [1.165, 1.54) is 0 Å². The molecule has 0 heterocycles. The van der Waals surface area contributed by atoms with Crippen molar-refractivity contribution < 1.29 is 9.15 Å². The van der Waals surface area contributed by atoms with Gasteiger partial charge in [-0.05, 0) is 30.9 Å². The van der Waals surface area contributed by atoms with Crippen LogP contribution < -0.4 is 11.0 Å². The van der Waals surface area contributed by atoms with Crippen molar-refractivity contribution in [3.63, 3.8) is 0 Å². The summed E-state index contributed by atoms with van der Waals surface area (Å²) in [6, 6.07) is 18.8. The van der Waals surface area contributed by atoms with Crippen LogP contribution in [0.4, 0.5) is 0 Å². The molecular weight excluding hydrogens is 303 g/mol. The van der Waals surface area contributed by atoms with Crippen LogP contribution >= 0.6 is 6.49 Å². The lowest BCUT2D eigenvalue weighted by Gasteiger charge is -2.19. The molecule has 2 aromatic rings. The molecule has 0 fully saturated rings. The highest BCUT2D eigenvalue weighted by molar-refractivity contribution is 8.13. The monoisotopic (exact) mass is 320 g/mol. The van der Waals surface area contributed by atoms with E-state index in [1.54, 1.807) is 0 Å². The molecule has 4 nitrogen and oxygen atoms in total.